The van der Waals surface area contributed by atoms with E-state index in [-0.39, 0.29) is 12.1 Å². The Bertz CT molecular complexity index is 476. The maximum absolute atomic E-state index is 14.0. The van der Waals surface area contributed by atoms with E-state index in [2.05, 4.69) is 5.32 Å². The molecule has 0 aliphatic heterocycles. The van der Waals surface area contributed by atoms with Crippen molar-refractivity contribution in [3.63, 3.8) is 0 Å². The second-order valence-corrected chi connectivity index (χ2v) is 5.53. The molecule has 22 heavy (non-hydrogen) atoms. The molecule has 1 fully saturated rings. The van der Waals surface area contributed by atoms with E-state index in [1.807, 2.05) is 0 Å². The van der Waals surface area contributed by atoms with Crippen LogP contribution < -0.4 is 5.32 Å². The smallest absolute Gasteiger partial charge is 0.141 e. The summed E-state index contributed by atoms with van der Waals surface area (Å²) in [6, 6.07) is 5.93. The molecule has 0 radical (unpaired) electrons. The fourth-order valence-corrected chi connectivity index (χ4v) is 2.62. The number of aliphatic hydroxyl groups is 2. The molecule has 3 nitrogen and oxygen atoms in total. The van der Waals surface area contributed by atoms with E-state index < -0.39 is 49.7 Å². The lowest BCUT2D eigenvalue weighted by atomic mass is 9.79. The highest BCUT2D eigenvalue weighted by atomic mass is 19.2. The molecule has 0 bridgehead atoms. The molecule has 1 aliphatic carbocycles. The van der Waals surface area contributed by atoms with Crippen molar-refractivity contribution < 1.29 is 27.8 Å². The molecule has 124 valence electrons. The number of benzene rings is 1. The first-order valence-corrected chi connectivity index (χ1v) is 7.13. The second kappa shape index (κ2) is 7.28. The zero-order valence-electron chi connectivity index (χ0n) is 11.8. The van der Waals surface area contributed by atoms with Gasteiger partial charge in [0.05, 0.1) is 18.6 Å². The van der Waals surface area contributed by atoms with Gasteiger partial charge < -0.3 is 15.5 Å². The molecular formula is C15H19F4NO2. The molecule has 1 saturated carbocycles. The monoisotopic (exact) mass is 321 g/mol. The first-order chi connectivity index (χ1) is 10.4. The SMILES string of the molecule is OCC(O)CNc1cccc(C2C(F)C(F)CC(F)C2F)c1. The lowest BCUT2D eigenvalue weighted by Crippen LogP contribution is -2.43. The molecule has 5 unspecified atom stereocenters. The van der Waals surface area contributed by atoms with Gasteiger partial charge in [0.15, 0.2) is 0 Å². The van der Waals surface area contributed by atoms with Crippen molar-refractivity contribution in [2.45, 2.75) is 43.1 Å². The highest BCUT2D eigenvalue weighted by Crippen LogP contribution is 2.40. The van der Waals surface area contributed by atoms with Crippen LogP contribution in [0.4, 0.5) is 23.2 Å². The van der Waals surface area contributed by atoms with Crippen LogP contribution in [0.15, 0.2) is 24.3 Å². The molecule has 0 heterocycles. The third-order valence-corrected chi connectivity index (χ3v) is 3.85. The summed E-state index contributed by atoms with van der Waals surface area (Å²) < 4.78 is 54.9. The van der Waals surface area contributed by atoms with Gasteiger partial charge in [0.2, 0.25) is 0 Å². The largest absolute Gasteiger partial charge is 0.394 e. The molecule has 1 aromatic rings. The minimum absolute atomic E-state index is 0.0419. The number of hydrogen-bond acceptors (Lipinski definition) is 3. The molecule has 1 aliphatic rings. The number of hydrogen-bond donors (Lipinski definition) is 3. The average molecular weight is 321 g/mol. The Balaban J connectivity index is 2.16. The fourth-order valence-electron chi connectivity index (χ4n) is 2.62. The molecule has 0 aromatic heterocycles. The van der Waals surface area contributed by atoms with E-state index in [1.165, 1.54) is 18.2 Å². The van der Waals surface area contributed by atoms with Crippen LogP contribution in [0.3, 0.4) is 0 Å². The van der Waals surface area contributed by atoms with Crippen molar-refractivity contribution in [1.29, 1.82) is 0 Å². The molecule has 1 aromatic carbocycles. The van der Waals surface area contributed by atoms with Crippen molar-refractivity contribution >= 4 is 5.69 Å². The number of alkyl halides is 4. The highest BCUT2D eigenvalue weighted by Gasteiger charge is 2.47. The quantitative estimate of drug-likeness (QED) is 0.730. The molecule has 7 heteroatoms. The maximum Gasteiger partial charge on any atom is 0.141 e. The second-order valence-electron chi connectivity index (χ2n) is 5.53. The Hall–Kier alpha value is -1.34. The van der Waals surface area contributed by atoms with Crippen molar-refractivity contribution in [2.75, 3.05) is 18.5 Å². The van der Waals surface area contributed by atoms with Gasteiger partial charge >= 0.3 is 0 Å². The Morgan fingerprint density at radius 1 is 1.14 bits per heavy atom. The van der Waals surface area contributed by atoms with Crippen LogP contribution in [0.25, 0.3) is 0 Å². The highest BCUT2D eigenvalue weighted by molar-refractivity contribution is 5.47. The molecule has 2 rings (SSSR count). The minimum Gasteiger partial charge on any atom is -0.394 e. The fraction of sp³-hybridized carbons (Fsp3) is 0.600. The first kappa shape index (κ1) is 17.0. The summed E-state index contributed by atoms with van der Waals surface area (Å²) in [5.74, 6) is -1.50. The summed E-state index contributed by atoms with van der Waals surface area (Å²) in [7, 11) is 0. The van der Waals surface area contributed by atoms with Crippen molar-refractivity contribution in [3.8, 4) is 0 Å². The van der Waals surface area contributed by atoms with Gasteiger partial charge in [0.1, 0.15) is 24.7 Å². The summed E-state index contributed by atoms with van der Waals surface area (Å²) in [5, 5.41) is 20.8. The van der Waals surface area contributed by atoms with E-state index in [0.717, 1.165) is 0 Å². The topological polar surface area (TPSA) is 52.5 Å². The first-order valence-electron chi connectivity index (χ1n) is 7.13. The van der Waals surface area contributed by atoms with Crippen LogP contribution in [-0.4, -0.2) is 54.2 Å². The van der Waals surface area contributed by atoms with Crippen molar-refractivity contribution in [1.82, 2.24) is 0 Å². The predicted molar refractivity (Wildman–Crippen MR) is 75.0 cm³/mol. The normalized spacial score (nSPS) is 33.5. The molecule has 0 spiro atoms. The summed E-state index contributed by atoms with van der Waals surface area (Å²) in [4.78, 5) is 0. The van der Waals surface area contributed by atoms with E-state index >= 15 is 0 Å². The number of rotatable bonds is 5. The van der Waals surface area contributed by atoms with Crippen LogP contribution in [0.1, 0.15) is 17.9 Å². The Morgan fingerprint density at radius 3 is 2.36 bits per heavy atom. The zero-order chi connectivity index (χ0) is 16.3. The summed E-state index contributed by atoms with van der Waals surface area (Å²) >= 11 is 0. The Labute approximate surface area is 126 Å². The number of aliphatic hydroxyl groups excluding tert-OH is 2. The predicted octanol–water partition coefficient (Wildman–Crippen LogP) is 2.29. The van der Waals surface area contributed by atoms with Crippen molar-refractivity contribution in [2.24, 2.45) is 0 Å². The summed E-state index contributed by atoms with van der Waals surface area (Å²) in [5.41, 5.74) is 0.606. The van der Waals surface area contributed by atoms with Gasteiger partial charge in [-0.2, -0.15) is 0 Å². The van der Waals surface area contributed by atoms with Crippen LogP contribution in [0, 0.1) is 0 Å². The van der Waals surface area contributed by atoms with E-state index in [1.54, 1.807) is 6.07 Å². The molecule has 0 amide bonds. The standard InChI is InChI=1S/C15H19F4NO2/c16-11-5-12(17)15(19)13(14(11)18)8-2-1-3-9(4-8)20-6-10(22)7-21/h1-4,10-15,20-22H,5-7H2. The van der Waals surface area contributed by atoms with Crippen molar-refractivity contribution in [3.05, 3.63) is 29.8 Å². The Morgan fingerprint density at radius 2 is 1.77 bits per heavy atom. The third-order valence-electron chi connectivity index (χ3n) is 3.85. The number of anilines is 1. The molecular weight excluding hydrogens is 302 g/mol. The van der Waals surface area contributed by atoms with Crippen LogP contribution in [0.5, 0.6) is 0 Å². The van der Waals surface area contributed by atoms with E-state index in [9.17, 15) is 22.7 Å². The molecule has 0 saturated heterocycles. The number of nitrogens with one attached hydrogen (secondary N) is 1. The van der Waals surface area contributed by atoms with Gasteiger partial charge in [-0.3, -0.25) is 0 Å². The van der Waals surface area contributed by atoms with E-state index in [0.29, 0.717) is 5.69 Å². The van der Waals surface area contributed by atoms with Gasteiger partial charge in [0.25, 0.3) is 0 Å². The minimum atomic E-state index is -2.10. The molecule has 5 atom stereocenters. The zero-order valence-corrected chi connectivity index (χ0v) is 11.8. The maximum atomic E-state index is 14.0. The summed E-state index contributed by atoms with van der Waals surface area (Å²) in [6.07, 6.45) is -9.99. The third kappa shape index (κ3) is 3.70. The lowest BCUT2D eigenvalue weighted by Gasteiger charge is -2.34. The molecule has 3 N–H and O–H groups in total. The van der Waals surface area contributed by atoms with Gasteiger partial charge in [-0.25, -0.2) is 17.6 Å². The summed E-state index contributed by atoms with van der Waals surface area (Å²) in [6.45, 7) is -0.387. The van der Waals surface area contributed by atoms with Crippen LogP contribution in [0.2, 0.25) is 0 Å². The number of halogens is 4. The van der Waals surface area contributed by atoms with Crippen LogP contribution in [-0.2, 0) is 0 Å². The average Bonchev–Trinajstić information content (AvgIpc) is 2.51. The lowest BCUT2D eigenvalue weighted by molar-refractivity contribution is -0.00569. The van der Waals surface area contributed by atoms with Gasteiger partial charge in [-0.05, 0) is 17.7 Å². The van der Waals surface area contributed by atoms with E-state index in [4.69, 9.17) is 5.11 Å². The van der Waals surface area contributed by atoms with Crippen LogP contribution >= 0.6 is 0 Å². The van der Waals surface area contributed by atoms with Gasteiger partial charge in [0, 0.05) is 18.7 Å². The van der Waals surface area contributed by atoms with Gasteiger partial charge in [-0.15, -0.1) is 0 Å². The Kier molecular flexibility index (Phi) is 5.63. The van der Waals surface area contributed by atoms with Gasteiger partial charge in [-0.1, -0.05) is 12.1 Å².